The molecule has 0 aliphatic rings. The van der Waals surface area contributed by atoms with Crippen molar-refractivity contribution >= 4 is 6.29 Å². The first-order chi connectivity index (χ1) is 4.72. The predicted molar refractivity (Wildman–Crippen MR) is 40.7 cm³/mol. The van der Waals surface area contributed by atoms with E-state index < -0.39 is 0 Å². The molecule has 0 bridgehead atoms. The molecule has 0 aliphatic heterocycles. The van der Waals surface area contributed by atoms with Gasteiger partial charge >= 0.3 is 0 Å². The monoisotopic (exact) mass is 142 g/mol. The smallest absolute Gasteiger partial charge is 0.142 e. The molecule has 2 atom stereocenters. The lowest BCUT2D eigenvalue weighted by Crippen LogP contribution is -2.13. The summed E-state index contributed by atoms with van der Waals surface area (Å²) in [5.41, 5.74) is 0. The summed E-state index contributed by atoms with van der Waals surface area (Å²) in [5, 5.41) is 9.19. The van der Waals surface area contributed by atoms with Gasteiger partial charge in [-0.1, -0.05) is 19.9 Å². The van der Waals surface area contributed by atoms with Crippen LogP contribution in [0.15, 0.2) is 12.2 Å². The summed E-state index contributed by atoms with van der Waals surface area (Å²) < 4.78 is 0. The van der Waals surface area contributed by atoms with Crippen molar-refractivity contribution in [2.45, 2.75) is 26.4 Å². The normalized spacial score (nSPS) is 17.1. The number of aliphatic hydroxyl groups is 1. The van der Waals surface area contributed by atoms with Crippen LogP contribution in [0.5, 0.6) is 0 Å². The fraction of sp³-hybridized carbons (Fsp3) is 0.625. The first-order valence-electron chi connectivity index (χ1n) is 3.52. The second-order valence-corrected chi connectivity index (χ2v) is 2.36. The molecule has 0 fully saturated rings. The van der Waals surface area contributed by atoms with Gasteiger partial charge in [0.25, 0.3) is 0 Å². The molecule has 1 N–H and O–H groups in total. The number of rotatable bonds is 4. The molecule has 0 aliphatic carbocycles. The maximum absolute atomic E-state index is 9.85. The third-order valence-corrected chi connectivity index (χ3v) is 1.52. The summed E-state index contributed by atoms with van der Waals surface area (Å²) in [4.78, 5) is 9.85. The second kappa shape index (κ2) is 5.18. The van der Waals surface area contributed by atoms with E-state index in [1.807, 2.05) is 13.8 Å². The largest absolute Gasteiger partial charge is 0.393 e. The van der Waals surface area contributed by atoms with E-state index in [0.29, 0.717) is 0 Å². The molecule has 0 rings (SSSR count). The standard InChI is InChI=1S/C8H14O2/c1-3-8(10)7(2)5-4-6-9/h4-8,10H,3H2,1-2H3/b5-4+. The van der Waals surface area contributed by atoms with Crippen molar-refractivity contribution in [3.8, 4) is 0 Å². The molecular weight excluding hydrogens is 128 g/mol. The number of carbonyl (C=O) groups excluding carboxylic acids is 1. The highest BCUT2D eigenvalue weighted by molar-refractivity contribution is 5.64. The van der Waals surface area contributed by atoms with Crippen LogP contribution in [0, 0.1) is 5.92 Å². The van der Waals surface area contributed by atoms with Crippen molar-refractivity contribution in [1.82, 2.24) is 0 Å². The maximum atomic E-state index is 9.85. The van der Waals surface area contributed by atoms with Crippen LogP contribution in [0.2, 0.25) is 0 Å². The molecule has 0 heterocycles. The Kier molecular flexibility index (Phi) is 4.85. The van der Waals surface area contributed by atoms with Gasteiger partial charge in [-0.25, -0.2) is 0 Å². The Hall–Kier alpha value is -0.630. The summed E-state index contributed by atoms with van der Waals surface area (Å²) in [7, 11) is 0. The topological polar surface area (TPSA) is 37.3 Å². The van der Waals surface area contributed by atoms with Gasteiger partial charge in [0.05, 0.1) is 6.10 Å². The van der Waals surface area contributed by atoms with Crippen LogP contribution < -0.4 is 0 Å². The first-order valence-corrected chi connectivity index (χ1v) is 3.52. The van der Waals surface area contributed by atoms with Gasteiger partial charge in [-0.3, -0.25) is 4.79 Å². The average Bonchev–Trinajstić information content (AvgIpc) is 1.98. The molecule has 0 spiro atoms. The number of hydrogen-bond donors (Lipinski definition) is 1. The lowest BCUT2D eigenvalue weighted by molar-refractivity contribution is -0.104. The first kappa shape index (κ1) is 9.37. The molecule has 2 unspecified atom stereocenters. The van der Waals surface area contributed by atoms with Crippen LogP contribution in [-0.2, 0) is 4.79 Å². The summed E-state index contributed by atoms with van der Waals surface area (Å²) in [6.07, 6.45) is 4.25. The van der Waals surface area contributed by atoms with Gasteiger partial charge in [0.1, 0.15) is 6.29 Å². The van der Waals surface area contributed by atoms with Crippen LogP contribution in [-0.4, -0.2) is 17.5 Å². The molecule has 0 saturated heterocycles. The third-order valence-electron chi connectivity index (χ3n) is 1.52. The Morgan fingerprint density at radius 3 is 2.60 bits per heavy atom. The molecule has 0 amide bonds. The highest BCUT2D eigenvalue weighted by Gasteiger charge is 2.06. The van der Waals surface area contributed by atoms with Crippen molar-refractivity contribution in [2.24, 2.45) is 5.92 Å². The van der Waals surface area contributed by atoms with Crippen molar-refractivity contribution < 1.29 is 9.90 Å². The van der Waals surface area contributed by atoms with E-state index in [-0.39, 0.29) is 12.0 Å². The predicted octanol–water partition coefficient (Wildman–Crippen LogP) is 1.15. The SMILES string of the molecule is CCC(O)C(C)/C=C/C=O. The Labute approximate surface area is 61.6 Å². The molecule has 2 nitrogen and oxygen atoms in total. The Morgan fingerprint density at radius 2 is 2.20 bits per heavy atom. The molecule has 2 heteroatoms. The number of aldehydes is 1. The molecule has 0 aromatic carbocycles. The van der Waals surface area contributed by atoms with Gasteiger partial charge in [0.15, 0.2) is 0 Å². The highest BCUT2D eigenvalue weighted by atomic mass is 16.3. The summed E-state index contributed by atoms with van der Waals surface area (Å²) in [6, 6.07) is 0. The van der Waals surface area contributed by atoms with Gasteiger partial charge in [-0.05, 0) is 12.5 Å². The van der Waals surface area contributed by atoms with Gasteiger partial charge in [-0.15, -0.1) is 0 Å². The number of aliphatic hydroxyl groups excluding tert-OH is 1. The number of allylic oxidation sites excluding steroid dienone is 1. The minimum atomic E-state index is -0.323. The fourth-order valence-electron chi connectivity index (χ4n) is 0.721. The fourth-order valence-corrected chi connectivity index (χ4v) is 0.721. The zero-order chi connectivity index (χ0) is 7.98. The molecule has 10 heavy (non-hydrogen) atoms. The van der Waals surface area contributed by atoms with Gasteiger partial charge < -0.3 is 5.11 Å². The van der Waals surface area contributed by atoms with E-state index in [1.165, 1.54) is 6.08 Å². The van der Waals surface area contributed by atoms with Crippen molar-refractivity contribution in [3.05, 3.63) is 12.2 Å². The summed E-state index contributed by atoms with van der Waals surface area (Å²) in [5.74, 6) is 0.0789. The van der Waals surface area contributed by atoms with E-state index in [1.54, 1.807) is 6.08 Å². The van der Waals surface area contributed by atoms with E-state index >= 15 is 0 Å². The lowest BCUT2D eigenvalue weighted by atomic mass is 10.0. The van der Waals surface area contributed by atoms with Gasteiger partial charge in [0.2, 0.25) is 0 Å². The number of carbonyl (C=O) groups is 1. The van der Waals surface area contributed by atoms with Crippen molar-refractivity contribution in [1.29, 1.82) is 0 Å². The van der Waals surface area contributed by atoms with Crippen LogP contribution >= 0.6 is 0 Å². The molecule has 0 saturated carbocycles. The van der Waals surface area contributed by atoms with Crippen molar-refractivity contribution in [2.75, 3.05) is 0 Å². The maximum Gasteiger partial charge on any atom is 0.142 e. The highest BCUT2D eigenvalue weighted by Crippen LogP contribution is 2.06. The molecule has 0 radical (unpaired) electrons. The Bertz CT molecular complexity index is 118. The second-order valence-electron chi connectivity index (χ2n) is 2.36. The summed E-state index contributed by atoms with van der Waals surface area (Å²) in [6.45, 7) is 3.80. The quantitative estimate of drug-likeness (QED) is 0.472. The van der Waals surface area contributed by atoms with Crippen LogP contribution in [0.1, 0.15) is 20.3 Å². The van der Waals surface area contributed by atoms with E-state index in [0.717, 1.165) is 12.7 Å². The molecule has 0 aromatic rings. The van der Waals surface area contributed by atoms with Gasteiger partial charge in [0, 0.05) is 5.92 Å². The average molecular weight is 142 g/mol. The van der Waals surface area contributed by atoms with E-state index in [4.69, 9.17) is 0 Å². The third kappa shape index (κ3) is 3.41. The van der Waals surface area contributed by atoms with Crippen LogP contribution in [0.4, 0.5) is 0 Å². The molecule has 58 valence electrons. The molecule has 0 aromatic heterocycles. The summed E-state index contributed by atoms with van der Waals surface area (Å²) >= 11 is 0. The zero-order valence-electron chi connectivity index (χ0n) is 6.45. The van der Waals surface area contributed by atoms with E-state index in [9.17, 15) is 9.90 Å². The van der Waals surface area contributed by atoms with E-state index in [2.05, 4.69) is 0 Å². The Morgan fingerprint density at radius 1 is 1.60 bits per heavy atom. The van der Waals surface area contributed by atoms with Crippen LogP contribution in [0.25, 0.3) is 0 Å². The lowest BCUT2D eigenvalue weighted by Gasteiger charge is -2.11. The van der Waals surface area contributed by atoms with Crippen molar-refractivity contribution in [3.63, 3.8) is 0 Å². The number of hydrogen-bond acceptors (Lipinski definition) is 2. The van der Waals surface area contributed by atoms with Crippen LogP contribution in [0.3, 0.4) is 0 Å². The zero-order valence-corrected chi connectivity index (χ0v) is 6.45. The molecular formula is C8H14O2. The van der Waals surface area contributed by atoms with Gasteiger partial charge in [-0.2, -0.15) is 0 Å². The minimum Gasteiger partial charge on any atom is -0.393 e. The Balaban J connectivity index is 3.70. The minimum absolute atomic E-state index is 0.0789.